The molecule has 3 nitrogen and oxygen atoms in total. The number of benzene rings is 1. The maximum Gasteiger partial charge on any atom is 0.134 e. The number of aliphatic hydroxyl groups excluding tert-OH is 1. The molecule has 0 aliphatic rings. The van der Waals surface area contributed by atoms with E-state index in [-0.39, 0.29) is 25.1 Å². The van der Waals surface area contributed by atoms with Crippen molar-refractivity contribution in [2.45, 2.75) is 19.4 Å². The quantitative estimate of drug-likeness (QED) is 0.895. The number of rotatable bonds is 4. The summed E-state index contributed by atoms with van der Waals surface area (Å²) in [6.45, 7) is 1.91. The largest absolute Gasteiger partial charge is 0.461 e. The number of nitrogens with two attached hydrogens (primary N) is 1. The second-order valence-corrected chi connectivity index (χ2v) is 4.20. The molecule has 1 aromatic heterocycles. The Hall–Kier alpha value is -1.29. The standard InChI is InChI=1S/C14H17NO2.ClH/c1-10-12(7-13(15)9-16)8-14(17-10)11-5-3-2-4-6-11;/h2-6,8,13,16H,7,9,15H2,1H3;1H. The molecule has 1 heterocycles. The SMILES string of the molecule is Cc1oc(-c2ccccc2)cc1CC(N)CO.Cl. The van der Waals surface area contributed by atoms with Crippen molar-refractivity contribution in [3.05, 3.63) is 47.7 Å². The van der Waals surface area contributed by atoms with Gasteiger partial charge in [0.2, 0.25) is 0 Å². The summed E-state index contributed by atoms with van der Waals surface area (Å²) in [4.78, 5) is 0. The fourth-order valence-corrected chi connectivity index (χ4v) is 1.81. The van der Waals surface area contributed by atoms with Gasteiger partial charge in [-0.1, -0.05) is 30.3 Å². The summed E-state index contributed by atoms with van der Waals surface area (Å²) in [5.41, 5.74) is 7.85. The highest BCUT2D eigenvalue weighted by Gasteiger charge is 2.11. The van der Waals surface area contributed by atoms with Crippen LogP contribution in [0.15, 0.2) is 40.8 Å². The minimum absolute atomic E-state index is 0. The van der Waals surface area contributed by atoms with Crippen LogP contribution < -0.4 is 5.73 Å². The Morgan fingerprint density at radius 2 is 1.94 bits per heavy atom. The van der Waals surface area contributed by atoms with Gasteiger partial charge in [0.15, 0.2) is 0 Å². The summed E-state index contributed by atoms with van der Waals surface area (Å²) in [7, 11) is 0. The van der Waals surface area contributed by atoms with E-state index in [1.165, 1.54) is 0 Å². The molecule has 2 rings (SSSR count). The zero-order valence-electron chi connectivity index (χ0n) is 10.3. The minimum atomic E-state index is -0.227. The van der Waals surface area contributed by atoms with E-state index in [4.69, 9.17) is 15.3 Å². The van der Waals surface area contributed by atoms with Gasteiger partial charge in [0, 0.05) is 11.6 Å². The van der Waals surface area contributed by atoms with Crippen LogP contribution in [0.1, 0.15) is 11.3 Å². The predicted molar refractivity (Wildman–Crippen MR) is 74.9 cm³/mol. The molecule has 18 heavy (non-hydrogen) atoms. The van der Waals surface area contributed by atoms with Crippen molar-refractivity contribution in [3.8, 4) is 11.3 Å². The Labute approximate surface area is 113 Å². The van der Waals surface area contributed by atoms with Crippen LogP contribution in [0.3, 0.4) is 0 Å². The lowest BCUT2D eigenvalue weighted by atomic mass is 10.1. The molecule has 1 atom stereocenters. The van der Waals surface area contributed by atoms with Crippen molar-refractivity contribution < 1.29 is 9.52 Å². The van der Waals surface area contributed by atoms with Gasteiger partial charge in [0.25, 0.3) is 0 Å². The molecule has 2 aromatic rings. The summed E-state index contributed by atoms with van der Waals surface area (Å²) >= 11 is 0. The molecular formula is C14H18ClNO2. The third-order valence-electron chi connectivity index (χ3n) is 2.80. The summed E-state index contributed by atoms with van der Waals surface area (Å²) in [5, 5.41) is 8.96. The summed E-state index contributed by atoms with van der Waals surface area (Å²) in [6, 6.07) is 11.7. The zero-order chi connectivity index (χ0) is 12.3. The van der Waals surface area contributed by atoms with Crippen LogP contribution in [-0.2, 0) is 6.42 Å². The Morgan fingerprint density at radius 3 is 2.56 bits per heavy atom. The first-order valence-corrected chi connectivity index (χ1v) is 5.72. The van der Waals surface area contributed by atoms with Crippen LogP contribution in [-0.4, -0.2) is 17.8 Å². The lowest BCUT2D eigenvalue weighted by molar-refractivity contribution is 0.265. The number of hydrogen-bond acceptors (Lipinski definition) is 3. The van der Waals surface area contributed by atoms with Crippen molar-refractivity contribution in [1.29, 1.82) is 0 Å². The first kappa shape index (κ1) is 14.8. The van der Waals surface area contributed by atoms with Gasteiger partial charge in [0.1, 0.15) is 11.5 Å². The van der Waals surface area contributed by atoms with Gasteiger partial charge in [-0.3, -0.25) is 0 Å². The topological polar surface area (TPSA) is 59.4 Å². The van der Waals surface area contributed by atoms with E-state index < -0.39 is 0 Å². The first-order valence-electron chi connectivity index (χ1n) is 5.72. The van der Waals surface area contributed by atoms with Crippen molar-refractivity contribution in [2.75, 3.05) is 6.61 Å². The van der Waals surface area contributed by atoms with Crippen LogP contribution >= 0.6 is 12.4 Å². The molecule has 0 radical (unpaired) electrons. The fraction of sp³-hybridized carbons (Fsp3) is 0.286. The zero-order valence-corrected chi connectivity index (χ0v) is 11.1. The number of hydrogen-bond donors (Lipinski definition) is 2. The number of halogens is 1. The normalized spacial score (nSPS) is 11.9. The van der Waals surface area contributed by atoms with E-state index in [1.807, 2.05) is 43.3 Å². The van der Waals surface area contributed by atoms with E-state index in [0.29, 0.717) is 6.42 Å². The summed E-state index contributed by atoms with van der Waals surface area (Å²) in [5.74, 6) is 1.72. The molecule has 98 valence electrons. The molecule has 3 N–H and O–H groups in total. The van der Waals surface area contributed by atoms with Crippen molar-refractivity contribution in [3.63, 3.8) is 0 Å². The second kappa shape index (κ2) is 6.59. The third kappa shape index (κ3) is 3.35. The van der Waals surface area contributed by atoms with Crippen LogP contribution in [0, 0.1) is 6.92 Å². The van der Waals surface area contributed by atoms with Gasteiger partial charge in [-0.05, 0) is 25.0 Å². The number of furan rings is 1. The molecule has 0 bridgehead atoms. The van der Waals surface area contributed by atoms with Gasteiger partial charge in [0.05, 0.1) is 6.61 Å². The van der Waals surface area contributed by atoms with E-state index >= 15 is 0 Å². The van der Waals surface area contributed by atoms with Gasteiger partial charge in [-0.2, -0.15) is 0 Å². The number of aliphatic hydroxyl groups is 1. The highest BCUT2D eigenvalue weighted by atomic mass is 35.5. The molecule has 1 aromatic carbocycles. The number of aryl methyl sites for hydroxylation is 1. The molecule has 1 unspecified atom stereocenters. The lowest BCUT2D eigenvalue weighted by Gasteiger charge is -2.05. The Bertz CT molecular complexity index is 482. The molecule has 0 aliphatic carbocycles. The van der Waals surface area contributed by atoms with Crippen molar-refractivity contribution >= 4 is 12.4 Å². The molecule has 0 fully saturated rings. The van der Waals surface area contributed by atoms with Crippen LogP contribution in [0.5, 0.6) is 0 Å². The summed E-state index contributed by atoms with van der Waals surface area (Å²) < 4.78 is 5.71. The molecule has 0 amide bonds. The average Bonchev–Trinajstić information content (AvgIpc) is 2.72. The maximum atomic E-state index is 8.96. The Balaban J connectivity index is 0.00000162. The minimum Gasteiger partial charge on any atom is -0.461 e. The van der Waals surface area contributed by atoms with E-state index in [2.05, 4.69) is 0 Å². The van der Waals surface area contributed by atoms with Crippen molar-refractivity contribution in [2.24, 2.45) is 5.73 Å². The highest BCUT2D eigenvalue weighted by Crippen LogP contribution is 2.25. The molecule has 0 spiro atoms. The van der Waals surface area contributed by atoms with Crippen LogP contribution in [0.2, 0.25) is 0 Å². The Morgan fingerprint density at radius 1 is 1.28 bits per heavy atom. The smallest absolute Gasteiger partial charge is 0.134 e. The predicted octanol–water partition coefficient (Wildman–Crippen LogP) is 2.54. The molecule has 0 saturated heterocycles. The monoisotopic (exact) mass is 267 g/mol. The second-order valence-electron chi connectivity index (χ2n) is 4.20. The molecule has 0 aliphatic heterocycles. The van der Waals surface area contributed by atoms with Gasteiger partial charge >= 0.3 is 0 Å². The average molecular weight is 268 g/mol. The van der Waals surface area contributed by atoms with Gasteiger partial charge in [-0.15, -0.1) is 12.4 Å². The molecule has 4 heteroatoms. The van der Waals surface area contributed by atoms with Gasteiger partial charge in [-0.25, -0.2) is 0 Å². The van der Waals surface area contributed by atoms with Crippen LogP contribution in [0.25, 0.3) is 11.3 Å². The Kier molecular flexibility index (Phi) is 5.41. The molecular weight excluding hydrogens is 250 g/mol. The highest BCUT2D eigenvalue weighted by molar-refractivity contribution is 5.85. The van der Waals surface area contributed by atoms with Crippen LogP contribution in [0.4, 0.5) is 0 Å². The van der Waals surface area contributed by atoms with E-state index in [1.54, 1.807) is 0 Å². The molecule has 0 saturated carbocycles. The summed E-state index contributed by atoms with van der Waals surface area (Å²) in [6.07, 6.45) is 0.638. The van der Waals surface area contributed by atoms with E-state index in [9.17, 15) is 0 Å². The van der Waals surface area contributed by atoms with Crippen molar-refractivity contribution in [1.82, 2.24) is 0 Å². The van der Waals surface area contributed by atoms with Gasteiger partial charge < -0.3 is 15.3 Å². The first-order chi connectivity index (χ1) is 8.20. The van der Waals surface area contributed by atoms with E-state index in [0.717, 1.165) is 22.6 Å². The third-order valence-corrected chi connectivity index (χ3v) is 2.80. The lowest BCUT2D eigenvalue weighted by Crippen LogP contribution is -2.26. The fourth-order valence-electron chi connectivity index (χ4n) is 1.81. The maximum absolute atomic E-state index is 8.96.